The molecule has 0 saturated carbocycles. The summed E-state index contributed by atoms with van der Waals surface area (Å²) in [5, 5.41) is 16.0. The Kier molecular flexibility index (Phi) is 7.58. The fraction of sp³-hybridized carbons (Fsp3) is 0.148. The minimum atomic E-state index is -0.668. The summed E-state index contributed by atoms with van der Waals surface area (Å²) >= 11 is 0. The fourth-order valence-corrected chi connectivity index (χ4v) is 3.71. The van der Waals surface area contributed by atoms with Crippen LogP contribution in [0.5, 0.6) is 5.75 Å². The van der Waals surface area contributed by atoms with Crippen molar-refractivity contribution in [2.24, 2.45) is 0 Å². The number of amides is 4. The number of para-hydroxylation sites is 1. The SMILES string of the molecule is CCc1ccccc1NC(=O)CN1C(=O)N/C(=C/c2ccc(OCc3ccc([N+](=O)[O-])cc3)cc2)C1=O. The summed E-state index contributed by atoms with van der Waals surface area (Å²) in [5.74, 6) is -0.504. The number of nitrogens with zero attached hydrogens (tertiary/aromatic N) is 2. The van der Waals surface area contributed by atoms with Gasteiger partial charge < -0.3 is 15.4 Å². The second-order valence-corrected chi connectivity index (χ2v) is 8.22. The number of anilines is 1. The topological polar surface area (TPSA) is 131 Å². The van der Waals surface area contributed by atoms with Gasteiger partial charge in [0.1, 0.15) is 24.6 Å². The number of carbonyl (C=O) groups excluding carboxylic acids is 3. The van der Waals surface area contributed by atoms with Crippen LogP contribution in [-0.2, 0) is 22.6 Å². The first-order chi connectivity index (χ1) is 17.8. The molecule has 0 atom stereocenters. The molecule has 0 aliphatic carbocycles. The van der Waals surface area contributed by atoms with Gasteiger partial charge in [-0.1, -0.05) is 37.3 Å². The molecular formula is C27H24N4O6. The van der Waals surface area contributed by atoms with Gasteiger partial charge >= 0.3 is 6.03 Å². The van der Waals surface area contributed by atoms with Crippen LogP contribution in [0.15, 0.2) is 78.5 Å². The minimum absolute atomic E-state index is 0.00992. The quantitative estimate of drug-likeness (QED) is 0.195. The van der Waals surface area contributed by atoms with Crippen LogP contribution < -0.4 is 15.4 Å². The summed E-state index contributed by atoms with van der Waals surface area (Å²) in [5.41, 5.74) is 3.09. The predicted octanol–water partition coefficient (Wildman–Crippen LogP) is 4.27. The molecule has 1 aliphatic rings. The maximum Gasteiger partial charge on any atom is 0.329 e. The van der Waals surface area contributed by atoms with E-state index in [1.165, 1.54) is 18.2 Å². The molecular weight excluding hydrogens is 476 g/mol. The zero-order valence-corrected chi connectivity index (χ0v) is 20.0. The second-order valence-electron chi connectivity index (χ2n) is 8.22. The second kappa shape index (κ2) is 11.2. The molecule has 3 aromatic carbocycles. The highest BCUT2D eigenvalue weighted by Gasteiger charge is 2.35. The number of ether oxygens (including phenoxy) is 1. The van der Waals surface area contributed by atoms with Gasteiger partial charge in [-0.3, -0.25) is 19.7 Å². The summed E-state index contributed by atoms with van der Waals surface area (Å²) in [6.45, 7) is 1.79. The highest BCUT2D eigenvalue weighted by atomic mass is 16.6. The average Bonchev–Trinajstić information content (AvgIpc) is 3.16. The fourth-order valence-electron chi connectivity index (χ4n) is 3.71. The Balaban J connectivity index is 1.35. The molecule has 188 valence electrons. The van der Waals surface area contributed by atoms with E-state index in [1.807, 2.05) is 19.1 Å². The number of non-ortho nitro benzene ring substituents is 1. The Hall–Kier alpha value is -4.99. The average molecular weight is 501 g/mol. The van der Waals surface area contributed by atoms with E-state index >= 15 is 0 Å². The van der Waals surface area contributed by atoms with Crippen LogP contribution in [-0.4, -0.2) is 34.2 Å². The van der Waals surface area contributed by atoms with Gasteiger partial charge in [0.25, 0.3) is 11.6 Å². The highest BCUT2D eigenvalue weighted by molar-refractivity contribution is 6.16. The lowest BCUT2D eigenvalue weighted by molar-refractivity contribution is -0.384. The minimum Gasteiger partial charge on any atom is -0.489 e. The third kappa shape index (κ3) is 6.17. The van der Waals surface area contributed by atoms with Crippen LogP contribution in [0.25, 0.3) is 6.08 Å². The molecule has 0 bridgehead atoms. The molecule has 2 N–H and O–H groups in total. The third-order valence-corrected chi connectivity index (χ3v) is 5.68. The smallest absolute Gasteiger partial charge is 0.329 e. The first-order valence-corrected chi connectivity index (χ1v) is 11.5. The maximum absolute atomic E-state index is 12.8. The lowest BCUT2D eigenvalue weighted by Gasteiger charge is -2.13. The molecule has 1 heterocycles. The van der Waals surface area contributed by atoms with Crippen LogP contribution in [0.1, 0.15) is 23.6 Å². The van der Waals surface area contributed by atoms with Gasteiger partial charge in [-0.05, 0) is 59.5 Å². The van der Waals surface area contributed by atoms with Gasteiger partial charge in [0.2, 0.25) is 5.91 Å². The Morgan fingerprint density at radius 1 is 1.05 bits per heavy atom. The molecule has 0 aromatic heterocycles. The molecule has 0 spiro atoms. The summed E-state index contributed by atoms with van der Waals surface area (Å²) in [4.78, 5) is 48.7. The number of nitrogens with one attached hydrogen (secondary N) is 2. The predicted molar refractivity (Wildman–Crippen MR) is 137 cm³/mol. The van der Waals surface area contributed by atoms with E-state index in [4.69, 9.17) is 4.74 Å². The number of rotatable bonds is 9. The molecule has 0 unspecified atom stereocenters. The molecule has 1 aliphatic heterocycles. The lowest BCUT2D eigenvalue weighted by Crippen LogP contribution is -2.38. The molecule has 0 radical (unpaired) electrons. The Bertz CT molecular complexity index is 1370. The molecule has 3 aromatic rings. The van der Waals surface area contributed by atoms with E-state index < -0.39 is 29.3 Å². The van der Waals surface area contributed by atoms with Crippen molar-refractivity contribution in [2.75, 3.05) is 11.9 Å². The van der Waals surface area contributed by atoms with Gasteiger partial charge in [-0.2, -0.15) is 0 Å². The van der Waals surface area contributed by atoms with Gasteiger partial charge in [0.15, 0.2) is 0 Å². The summed E-state index contributed by atoms with van der Waals surface area (Å²) < 4.78 is 5.70. The van der Waals surface area contributed by atoms with Crippen molar-refractivity contribution in [2.45, 2.75) is 20.0 Å². The van der Waals surface area contributed by atoms with Gasteiger partial charge in [-0.15, -0.1) is 0 Å². The standard InChI is InChI=1S/C27H24N4O6/c1-2-20-5-3-4-6-23(20)28-25(32)16-30-26(33)24(29-27(30)34)15-18-9-13-22(14-10-18)37-17-19-7-11-21(12-8-19)31(35)36/h3-15H,2,16-17H2,1H3,(H,28,32)(H,29,34)/b24-15+. The molecule has 1 fully saturated rings. The first-order valence-electron chi connectivity index (χ1n) is 11.5. The van der Waals surface area contributed by atoms with E-state index in [9.17, 15) is 24.5 Å². The van der Waals surface area contributed by atoms with Crippen LogP contribution >= 0.6 is 0 Å². The number of hydrogen-bond acceptors (Lipinski definition) is 6. The van der Waals surface area contributed by atoms with Crippen LogP contribution in [0.3, 0.4) is 0 Å². The number of imide groups is 1. The number of urea groups is 1. The number of nitro groups is 1. The number of carbonyl (C=O) groups is 3. The van der Waals surface area contributed by atoms with Crippen molar-refractivity contribution >= 4 is 35.3 Å². The van der Waals surface area contributed by atoms with Crippen molar-refractivity contribution < 1.29 is 24.0 Å². The zero-order chi connectivity index (χ0) is 26.4. The summed E-state index contributed by atoms with van der Waals surface area (Å²) in [6.07, 6.45) is 2.25. The summed E-state index contributed by atoms with van der Waals surface area (Å²) in [6, 6.07) is 19.6. The molecule has 1 saturated heterocycles. The maximum atomic E-state index is 12.8. The van der Waals surface area contributed by atoms with E-state index in [2.05, 4.69) is 10.6 Å². The van der Waals surface area contributed by atoms with Crippen molar-refractivity contribution in [1.82, 2.24) is 10.2 Å². The van der Waals surface area contributed by atoms with Gasteiger partial charge in [0, 0.05) is 17.8 Å². The largest absolute Gasteiger partial charge is 0.489 e. The Morgan fingerprint density at radius 2 is 1.76 bits per heavy atom. The van der Waals surface area contributed by atoms with Crippen molar-refractivity contribution in [3.8, 4) is 5.75 Å². The van der Waals surface area contributed by atoms with E-state index in [1.54, 1.807) is 48.5 Å². The molecule has 10 nitrogen and oxygen atoms in total. The van der Waals surface area contributed by atoms with Crippen LogP contribution in [0.4, 0.5) is 16.2 Å². The van der Waals surface area contributed by atoms with Crippen LogP contribution in [0.2, 0.25) is 0 Å². The number of benzene rings is 3. The Morgan fingerprint density at radius 3 is 2.43 bits per heavy atom. The number of nitro benzene ring substituents is 1. The van der Waals surface area contributed by atoms with E-state index in [0.29, 0.717) is 17.0 Å². The highest BCUT2D eigenvalue weighted by Crippen LogP contribution is 2.20. The lowest BCUT2D eigenvalue weighted by atomic mass is 10.1. The van der Waals surface area contributed by atoms with Crippen molar-refractivity contribution in [3.63, 3.8) is 0 Å². The number of hydrogen-bond donors (Lipinski definition) is 2. The molecule has 4 rings (SSSR count). The van der Waals surface area contributed by atoms with Crippen LogP contribution in [0, 0.1) is 10.1 Å². The molecule has 37 heavy (non-hydrogen) atoms. The van der Waals surface area contributed by atoms with Gasteiger partial charge in [0.05, 0.1) is 4.92 Å². The zero-order valence-electron chi connectivity index (χ0n) is 20.0. The van der Waals surface area contributed by atoms with Crippen molar-refractivity contribution in [1.29, 1.82) is 0 Å². The first kappa shape index (κ1) is 25.1. The van der Waals surface area contributed by atoms with E-state index in [0.717, 1.165) is 22.4 Å². The summed E-state index contributed by atoms with van der Waals surface area (Å²) in [7, 11) is 0. The molecule has 4 amide bonds. The van der Waals surface area contributed by atoms with E-state index in [-0.39, 0.29) is 18.0 Å². The Labute approximate surface area is 212 Å². The monoisotopic (exact) mass is 500 g/mol. The van der Waals surface area contributed by atoms with Crippen molar-refractivity contribution in [3.05, 3.63) is 105 Å². The van der Waals surface area contributed by atoms with Gasteiger partial charge in [-0.25, -0.2) is 9.69 Å². The number of aryl methyl sites for hydroxylation is 1. The normalized spacial score (nSPS) is 14.0. The molecule has 10 heteroatoms. The third-order valence-electron chi connectivity index (χ3n) is 5.68.